The molecule has 2 aromatic carbocycles. The van der Waals surface area contributed by atoms with E-state index < -0.39 is 10.0 Å². The first-order valence-corrected chi connectivity index (χ1v) is 10.2. The third-order valence-electron chi connectivity index (χ3n) is 4.60. The lowest BCUT2D eigenvalue weighted by molar-refractivity contribution is 0.0623. The Morgan fingerprint density at radius 3 is 2.37 bits per heavy atom. The molecule has 0 spiro atoms. The number of hydrogen-bond acceptors (Lipinski definition) is 4. The normalized spacial score (nSPS) is 17.1. The number of piperidine rings is 1. The van der Waals surface area contributed by atoms with Crippen LogP contribution in [0.3, 0.4) is 0 Å². The minimum atomic E-state index is -3.69. The smallest absolute Gasteiger partial charge is 0.261 e. The minimum absolute atomic E-state index is 0. The maximum Gasteiger partial charge on any atom is 0.261 e. The number of amides is 1. The van der Waals surface area contributed by atoms with Crippen molar-refractivity contribution in [1.82, 2.24) is 4.90 Å². The first kappa shape index (κ1) is 21.2. The van der Waals surface area contributed by atoms with Crippen molar-refractivity contribution < 1.29 is 13.2 Å². The fourth-order valence-corrected chi connectivity index (χ4v) is 4.23. The standard InChI is InChI=1S/C19H23N3O3S.ClH/c20-14-17-8-4-5-13-22(17)19(23)15-9-11-18(12-10-15)26(24,25)21-16-6-2-1-3-7-16;/h1-3,6-7,9-12,17,21H,4-5,8,13-14,20H2;1H. The molecular weight excluding hydrogens is 386 g/mol. The van der Waals surface area contributed by atoms with Crippen LogP contribution in [0.5, 0.6) is 0 Å². The highest BCUT2D eigenvalue weighted by Gasteiger charge is 2.26. The van der Waals surface area contributed by atoms with Crippen molar-refractivity contribution in [3.63, 3.8) is 0 Å². The Morgan fingerprint density at radius 1 is 1.07 bits per heavy atom. The minimum Gasteiger partial charge on any atom is -0.334 e. The number of nitrogens with one attached hydrogen (secondary N) is 1. The summed E-state index contributed by atoms with van der Waals surface area (Å²) in [4.78, 5) is 14.6. The van der Waals surface area contributed by atoms with Crippen LogP contribution in [0, 0.1) is 0 Å². The Balaban J connectivity index is 0.00000261. The Bertz CT molecular complexity index is 858. The third-order valence-corrected chi connectivity index (χ3v) is 5.99. The van der Waals surface area contributed by atoms with Gasteiger partial charge in [-0.05, 0) is 55.7 Å². The summed E-state index contributed by atoms with van der Waals surface area (Å²) in [5.74, 6) is -0.0971. The molecule has 0 bridgehead atoms. The number of carbonyl (C=O) groups excluding carboxylic acids is 1. The van der Waals surface area contributed by atoms with Gasteiger partial charge < -0.3 is 10.6 Å². The number of hydrogen-bond donors (Lipinski definition) is 2. The monoisotopic (exact) mass is 409 g/mol. The molecule has 1 atom stereocenters. The summed E-state index contributed by atoms with van der Waals surface area (Å²) in [6, 6.07) is 14.8. The quantitative estimate of drug-likeness (QED) is 0.794. The summed E-state index contributed by atoms with van der Waals surface area (Å²) in [6.45, 7) is 1.13. The average Bonchev–Trinajstić information content (AvgIpc) is 2.68. The van der Waals surface area contributed by atoms with E-state index >= 15 is 0 Å². The SMILES string of the molecule is Cl.NCC1CCCCN1C(=O)c1ccc(S(=O)(=O)Nc2ccccc2)cc1. The summed E-state index contributed by atoms with van der Waals surface area (Å²) in [5, 5.41) is 0. The number of para-hydroxylation sites is 1. The van der Waals surface area contributed by atoms with Crippen molar-refractivity contribution in [2.75, 3.05) is 17.8 Å². The highest BCUT2D eigenvalue weighted by Crippen LogP contribution is 2.21. The van der Waals surface area contributed by atoms with Crippen LogP contribution in [0.2, 0.25) is 0 Å². The van der Waals surface area contributed by atoms with E-state index in [4.69, 9.17) is 5.73 Å². The van der Waals surface area contributed by atoms with Gasteiger partial charge in [0, 0.05) is 30.4 Å². The molecule has 0 aliphatic carbocycles. The summed E-state index contributed by atoms with van der Waals surface area (Å²) >= 11 is 0. The number of rotatable bonds is 5. The molecule has 3 rings (SSSR count). The highest BCUT2D eigenvalue weighted by atomic mass is 35.5. The van der Waals surface area contributed by atoms with Crippen LogP contribution < -0.4 is 10.5 Å². The van der Waals surface area contributed by atoms with Gasteiger partial charge in [-0.15, -0.1) is 12.4 Å². The Hall–Kier alpha value is -2.09. The molecule has 1 aliphatic heterocycles. The van der Waals surface area contributed by atoms with Gasteiger partial charge in [0.15, 0.2) is 0 Å². The number of benzene rings is 2. The van der Waals surface area contributed by atoms with Crippen LogP contribution >= 0.6 is 12.4 Å². The van der Waals surface area contributed by atoms with Crippen molar-refractivity contribution in [2.45, 2.75) is 30.2 Å². The topological polar surface area (TPSA) is 92.5 Å². The van der Waals surface area contributed by atoms with Crippen molar-refractivity contribution >= 4 is 34.0 Å². The van der Waals surface area contributed by atoms with E-state index in [-0.39, 0.29) is 29.3 Å². The summed E-state index contributed by atoms with van der Waals surface area (Å²) < 4.78 is 27.4. The second-order valence-corrected chi connectivity index (χ2v) is 8.06. The van der Waals surface area contributed by atoms with Gasteiger partial charge in [0.2, 0.25) is 0 Å². The van der Waals surface area contributed by atoms with Crippen molar-refractivity contribution in [1.29, 1.82) is 0 Å². The molecule has 27 heavy (non-hydrogen) atoms. The predicted molar refractivity (Wildman–Crippen MR) is 109 cm³/mol. The van der Waals surface area contributed by atoms with Gasteiger partial charge in [0.1, 0.15) is 0 Å². The molecule has 146 valence electrons. The van der Waals surface area contributed by atoms with E-state index in [9.17, 15) is 13.2 Å². The van der Waals surface area contributed by atoms with Crippen LogP contribution in [0.15, 0.2) is 59.5 Å². The number of halogens is 1. The zero-order chi connectivity index (χ0) is 18.6. The van der Waals surface area contributed by atoms with E-state index in [0.29, 0.717) is 24.3 Å². The molecule has 0 aromatic heterocycles. The van der Waals surface area contributed by atoms with Crippen molar-refractivity contribution in [3.05, 3.63) is 60.2 Å². The van der Waals surface area contributed by atoms with Gasteiger partial charge in [0.05, 0.1) is 4.90 Å². The van der Waals surface area contributed by atoms with Crippen LogP contribution in [-0.2, 0) is 10.0 Å². The summed E-state index contributed by atoms with van der Waals surface area (Å²) in [5.41, 5.74) is 6.75. The van der Waals surface area contributed by atoms with Gasteiger partial charge in [0.25, 0.3) is 15.9 Å². The number of sulfonamides is 1. The van der Waals surface area contributed by atoms with Crippen molar-refractivity contribution in [2.24, 2.45) is 5.73 Å². The van der Waals surface area contributed by atoms with Crippen LogP contribution in [0.1, 0.15) is 29.6 Å². The third kappa shape index (κ3) is 5.00. The molecule has 1 unspecified atom stereocenters. The molecule has 3 N–H and O–H groups in total. The van der Waals surface area contributed by atoms with Gasteiger partial charge in [-0.3, -0.25) is 9.52 Å². The molecule has 1 amide bonds. The maximum absolute atomic E-state index is 12.7. The van der Waals surface area contributed by atoms with Crippen LogP contribution in [0.25, 0.3) is 0 Å². The number of carbonyl (C=O) groups is 1. The number of likely N-dealkylation sites (tertiary alicyclic amines) is 1. The van der Waals surface area contributed by atoms with Gasteiger partial charge >= 0.3 is 0 Å². The second kappa shape index (κ2) is 9.21. The molecule has 0 radical (unpaired) electrons. The fraction of sp³-hybridized carbons (Fsp3) is 0.316. The predicted octanol–water partition coefficient (Wildman–Crippen LogP) is 2.86. The van der Waals surface area contributed by atoms with Crippen LogP contribution in [-0.4, -0.2) is 38.4 Å². The average molecular weight is 410 g/mol. The lowest BCUT2D eigenvalue weighted by Gasteiger charge is -2.35. The van der Waals surface area contributed by atoms with Gasteiger partial charge in [-0.1, -0.05) is 18.2 Å². The Kier molecular flexibility index (Phi) is 7.24. The summed E-state index contributed by atoms with van der Waals surface area (Å²) in [7, 11) is -3.69. The first-order chi connectivity index (χ1) is 12.5. The summed E-state index contributed by atoms with van der Waals surface area (Å²) in [6.07, 6.45) is 2.96. The molecule has 6 nitrogen and oxygen atoms in total. The van der Waals surface area contributed by atoms with E-state index in [2.05, 4.69) is 4.72 Å². The lowest BCUT2D eigenvalue weighted by Crippen LogP contribution is -2.47. The largest absolute Gasteiger partial charge is 0.334 e. The first-order valence-electron chi connectivity index (χ1n) is 8.70. The molecule has 1 fully saturated rings. The van der Waals surface area contributed by atoms with E-state index in [1.54, 1.807) is 41.3 Å². The maximum atomic E-state index is 12.7. The molecule has 1 saturated heterocycles. The van der Waals surface area contributed by atoms with Crippen molar-refractivity contribution in [3.8, 4) is 0 Å². The van der Waals surface area contributed by atoms with Gasteiger partial charge in [-0.2, -0.15) is 0 Å². The number of nitrogens with zero attached hydrogens (tertiary/aromatic N) is 1. The molecule has 2 aromatic rings. The number of anilines is 1. The van der Waals surface area contributed by atoms with E-state index in [0.717, 1.165) is 19.3 Å². The van der Waals surface area contributed by atoms with Gasteiger partial charge in [-0.25, -0.2) is 8.42 Å². The Labute approximate surface area is 166 Å². The molecule has 1 heterocycles. The van der Waals surface area contributed by atoms with Crippen LogP contribution in [0.4, 0.5) is 5.69 Å². The number of nitrogens with two attached hydrogens (primary N) is 1. The zero-order valence-corrected chi connectivity index (χ0v) is 16.5. The lowest BCUT2D eigenvalue weighted by atomic mass is 10.0. The zero-order valence-electron chi connectivity index (χ0n) is 14.9. The van der Waals surface area contributed by atoms with E-state index in [1.165, 1.54) is 12.1 Å². The molecule has 8 heteroatoms. The molecule has 1 aliphatic rings. The molecular formula is C19H24ClN3O3S. The fourth-order valence-electron chi connectivity index (χ4n) is 3.18. The van der Waals surface area contributed by atoms with E-state index in [1.807, 2.05) is 6.07 Å². The highest BCUT2D eigenvalue weighted by molar-refractivity contribution is 7.92. The Morgan fingerprint density at radius 2 is 1.74 bits per heavy atom. The second-order valence-electron chi connectivity index (χ2n) is 6.38. The molecule has 0 saturated carbocycles.